The Bertz CT molecular complexity index is 919. The van der Waals surface area contributed by atoms with Gasteiger partial charge in [-0.3, -0.25) is 14.9 Å². The summed E-state index contributed by atoms with van der Waals surface area (Å²) in [7, 11) is 1.62. The molecule has 0 aliphatic rings. The number of non-ortho nitro benzene ring substituents is 1. The van der Waals surface area contributed by atoms with Crippen LogP contribution in [0.4, 0.5) is 17.1 Å². The second-order valence-corrected chi connectivity index (χ2v) is 5.56. The summed E-state index contributed by atoms with van der Waals surface area (Å²) in [6.07, 6.45) is 1.30. The number of carbonyl (C=O) groups is 1. The molecule has 0 radical (unpaired) electrons. The van der Waals surface area contributed by atoms with Gasteiger partial charge in [0, 0.05) is 31.1 Å². The van der Waals surface area contributed by atoms with E-state index in [0.717, 1.165) is 6.07 Å². The van der Waals surface area contributed by atoms with Gasteiger partial charge in [0.1, 0.15) is 17.4 Å². The van der Waals surface area contributed by atoms with Crippen LogP contribution < -0.4 is 10.2 Å². The molecule has 2 aromatic carbocycles. The van der Waals surface area contributed by atoms with Crippen molar-refractivity contribution in [3.05, 3.63) is 69.4 Å². The van der Waals surface area contributed by atoms with Crippen LogP contribution >= 0.6 is 11.6 Å². The second-order valence-electron chi connectivity index (χ2n) is 5.16. The van der Waals surface area contributed by atoms with Crippen molar-refractivity contribution in [2.24, 2.45) is 0 Å². The molecule has 1 amide bonds. The van der Waals surface area contributed by atoms with Gasteiger partial charge in [0.05, 0.1) is 15.6 Å². The second kappa shape index (κ2) is 8.00. The Morgan fingerprint density at radius 1 is 1.35 bits per heavy atom. The molecule has 2 N–H and O–H groups in total. The van der Waals surface area contributed by atoms with Crippen LogP contribution in [0.5, 0.6) is 5.75 Å². The molecule has 0 heterocycles. The zero-order valence-electron chi connectivity index (χ0n) is 13.5. The third-order valence-corrected chi connectivity index (χ3v) is 3.68. The standard InChI is InChI=1S/C17H13ClN4O4/c1-21(12-2-5-14(23)6-3-12)10-11(9-19)17(24)20-16-8-13(22(25)26)4-7-15(16)18/h2-8,10,23H,1H3,(H,20,24)/b11-10-. The molecule has 132 valence electrons. The van der Waals surface area contributed by atoms with Gasteiger partial charge in [-0.05, 0) is 30.3 Å². The quantitative estimate of drug-likeness (QED) is 0.359. The predicted molar refractivity (Wildman–Crippen MR) is 96.9 cm³/mol. The van der Waals surface area contributed by atoms with Gasteiger partial charge in [-0.2, -0.15) is 5.26 Å². The van der Waals surface area contributed by atoms with E-state index in [-0.39, 0.29) is 27.7 Å². The number of nitrogens with zero attached hydrogens (tertiary/aromatic N) is 3. The molecule has 2 rings (SSSR count). The fraction of sp³-hybridized carbons (Fsp3) is 0.0588. The average Bonchev–Trinajstić information content (AvgIpc) is 2.61. The minimum Gasteiger partial charge on any atom is -0.508 e. The van der Waals surface area contributed by atoms with Crippen LogP contribution in [0.2, 0.25) is 5.02 Å². The molecule has 0 saturated carbocycles. The first kappa shape index (κ1) is 18.8. The number of phenolic OH excluding ortho intramolecular Hbond substituents is 1. The van der Waals surface area contributed by atoms with E-state index >= 15 is 0 Å². The Balaban J connectivity index is 2.23. The normalized spacial score (nSPS) is 10.7. The lowest BCUT2D eigenvalue weighted by atomic mass is 10.2. The molecule has 8 nitrogen and oxygen atoms in total. The molecule has 0 atom stereocenters. The van der Waals surface area contributed by atoms with Crippen LogP contribution in [0, 0.1) is 21.4 Å². The number of rotatable bonds is 5. The molecule has 0 aliphatic heterocycles. The number of nitro groups is 1. The van der Waals surface area contributed by atoms with E-state index in [1.807, 2.05) is 0 Å². The SMILES string of the molecule is CN(/C=C(/C#N)C(=O)Nc1cc([N+](=O)[O-])ccc1Cl)c1ccc(O)cc1. The summed E-state index contributed by atoms with van der Waals surface area (Å²) in [6.45, 7) is 0. The molecule has 0 aliphatic carbocycles. The van der Waals surface area contributed by atoms with Crippen molar-refractivity contribution in [2.75, 3.05) is 17.3 Å². The highest BCUT2D eigenvalue weighted by molar-refractivity contribution is 6.34. The molecule has 0 fully saturated rings. The molecule has 0 unspecified atom stereocenters. The number of anilines is 2. The van der Waals surface area contributed by atoms with E-state index in [4.69, 9.17) is 11.6 Å². The Kier molecular flexibility index (Phi) is 5.78. The third kappa shape index (κ3) is 4.49. The Morgan fingerprint density at radius 3 is 2.58 bits per heavy atom. The number of phenols is 1. The van der Waals surface area contributed by atoms with Crippen molar-refractivity contribution in [1.29, 1.82) is 5.26 Å². The number of nitrogens with one attached hydrogen (secondary N) is 1. The summed E-state index contributed by atoms with van der Waals surface area (Å²) in [6, 6.07) is 11.5. The molecule has 0 bridgehead atoms. The Morgan fingerprint density at radius 2 is 2.00 bits per heavy atom. The van der Waals surface area contributed by atoms with Crippen LogP contribution in [0.1, 0.15) is 0 Å². The number of halogens is 1. The number of nitriles is 1. The number of carbonyl (C=O) groups excluding carboxylic acids is 1. The minimum atomic E-state index is -0.763. The van der Waals surface area contributed by atoms with Crippen molar-refractivity contribution in [1.82, 2.24) is 0 Å². The Labute approximate surface area is 153 Å². The first-order valence-corrected chi connectivity index (χ1v) is 7.58. The lowest BCUT2D eigenvalue weighted by Crippen LogP contribution is -2.18. The van der Waals surface area contributed by atoms with Crippen LogP contribution in [-0.2, 0) is 4.79 Å². The summed E-state index contributed by atoms with van der Waals surface area (Å²) in [4.78, 5) is 24.0. The van der Waals surface area contributed by atoms with Gasteiger partial charge < -0.3 is 15.3 Å². The maximum atomic E-state index is 12.3. The summed E-state index contributed by atoms with van der Waals surface area (Å²) in [5, 5.41) is 31.9. The molecular formula is C17H13ClN4O4. The van der Waals surface area contributed by atoms with Crippen LogP contribution in [0.15, 0.2) is 54.2 Å². The smallest absolute Gasteiger partial charge is 0.271 e. The van der Waals surface area contributed by atoms with Gasteiger partial charge in [-0.25, -0.2) is 0 Å². The molecule has 0 saturated heterocycles. The molecule has 0 spiro atoms. The molecule has 26 heavy (non-hydrogen) atoms. The number of hydrogen-bond acceptors (Lipinski definition) is 6. The molecule has 0 aromatic heterocycles. The van der Waals surface area contributed by atoms with Crippen molar-refractivity contribution >= 4 is 34.6 Å². The van der Waals surface area contributed by atoms with Crippen molar-refractivity contribution in [3.63, 3.8) is 0 Å². The van der Waals surface area contributed by atoms with E-state index in [0.29, 0.717) is 5.69 Å². The van der Waals surface area contributed by atoms with Gasteiger partial charge in [0.15, 0.2) is 0 Å². The third-order valence-electron chi connectivity index (χ3n) is 3.35. The van der Waals surface area contributed by atoms with Crippen LogP contribution in [-0.4, -0.2) is 23.0 Å². The fourth-order valence-electron chi connectivity index (χ4n) is 2.01. The van der Waals surface area contributed by atoms with E-state index in [9.17, 15) is 25.3 Å². The number of amides is 1. The van der Waals surface area contributed by atoms with Gasteiger partial charge in [-0.15, -0.1) is 0 Å². The van der Waals surface area contributed by atoms with Crippen molar-refractivity contribution in [2.45, 2.75) is 0 Å². The van der Waals surface area contributed by atoms with Crippen LogP contribution in [0.25, 0.3) is 0 Å². The summed E-state index contributed by atoms with van der Waals surface area (Å²) in [5.74, 6) is -0.676. The van der Waals surface area contributed by atoms with Gasteiger partial charge in [0.25, 0.3) is 11.6 Å². The lowest BCUT2D eigenvalue weighted by Gasteiger charge is -2.15. The van der Waals surface area contributed by atoms with E-state index < -0.39 is 10.8 Å². The monoisotopic (exact) mass is 372 g/mol. The van der Waals surface area contributed by atoms with Gasteiger partial charge >= 0.3 is 0 Å². The molecule has 2 aromatic rings. The maximum absolute atomic E-state index is 12.3. The topological polar surface area (TPSA) is 120 Å². The number of nitro benzene ring substituents is 1. The highest BCUT2D eigenvalue weighted by Gasteiger charge is 2.15. The Hall–Kier alpha value is -3.57. The number of aromatic hydroxyl groups is 1. The first-order valence-electron chi connectivity index (χ1n) is 7.21. The zero-order chi connectivity index (χ0) is 19.3. The maximum Gasteiger partial charge on any atom is 0.271 e. The van der Waals surface area contributed by atoms with E-state index in [1.165, 1.54) is 35.4 Å². The fourth-order valence-corrected chi connectivity index (χ4v) is 2.17. The summed E-state index contributed by atoms with van der Waals surface area (Å²) >= 11 is 5.94. The van der Waals surface area contributed by atoms with E-state index in [2.05, 4.69) is 5.32 Å². The zero-order valence-corrected chi connectivity index (χ0v) is 14.3. The molecular weight excluding hydrogens is 360 g/mol. The lowest BCUT2D eigenvalue weighted by molar-refractivity contribution is -0.384. The highest BCUT2D eigenvalue weighted by atomic mass is 35.5. The number of benzene rings is 2. The van der Waals surface area contributed by atoms with Crippen molar-refractivity contribution in [3.8, 4) is 11.8 Å². The summed E-state index contributed by atoms with van der Waals surface area (Å²) < 4.78 is 0. The van der Waals surface area contributed by atoms with E-state index in [1.54, 1.807) is 25.2 Å². The van der Waals surface area contributed by atoms with Crippen LogP contribution in [0.3, 0.4) is 0 Å². The minimum absolute atomic E-state index is 0.0271. The highest BCUT2D eigenvalue weighted by Crippen LogP contribution is 2.27. The van der Waals surface area contributed by atoms with Crippen molar-refractivity contribution < 1.29 is 14.8 Å². The average molecular weight is 373 g/mol. The largest absolute Gasteiger partial charge is 0.508 e. The first-order chi connectivity index (χ1) is 12.3. The van der Waals surface area contributed by atoms with Gasteiger partial charge in [0.2, 0.25) is 0 Å². The number of hydrogen-bond donors (Lipinski definition) is 2. The predicted octanol–water partition coefficient (Wildman–Crippen LogP) is 3.44. The summed E-state index contributed by atoms with van der Waals surface area (Å²) in [5.41, 5.74) is 0.188. The van der Waals surface area contributed by atoms with Gasteiger partial charge in [-0.1, -0.05) is 11.6 Å². The molecule has 9 heteroatoms.